The number of amides is 1. The van der Waals surface area contributed by atoms with Crippen LogP contribution in [0.4, 0.5) is 5.69 Å². The van der Waals surface area contributed by atoms with Gasteiger partial charge in [0.1, 0.15) is 0 Å². The van der Waals surface area contributed by atoms with E-state index in [1.54, 1.807) is 11.3 Å². The van der Waals surface area contributed by atoms with Crippen molar-refractivity contribution in [3.8, 4) is 6.07 Å². The third-order valence-electron chi connectivity index (χ3n) is 4.80. The third kappa shape index (κ3) is 3.04. The van der Waals surface area contributed by atoms with Crippen LogP contribution in [0.15, 0.2) is 53.2 Å². The van der Waals surface area contributed by atoms with Gasteiger partial charge in [-0.1, -0.05) is 24.3 Å². The number of carbonyl (C=O) groups excluding carboxylic acids is 1. The average molecular weight is 361 g/mol. The molecule has 0 spiro atoms. The van der Waals surface area contributed by atoms with Crippen LogP contribution in [0.5, 0.6) is 0 Å². The van der Waals surface area contributed by atoms with Crippen LogP contribution < -0.4 is 5.01 Å². The lowest BCUT2D eigenvalue weighted by atomic mass is 10.0. The molecule has 1 aliphatic heterocycles. The van der Waals surface area contributed by atoms with Crippen LogP contribution in [0.25, 0.3) is 10.8 Å². The minimum atomic E-state index is 0.122. The monoisotopic (exact) mass is 361 g/mol. The first kappa shape index (κ1) is 16.6. The van der Waals surface area contributed by atoms with E-state index in [0.717, 1.165) is 48.0 Å². The number of hydrazine groups is 1. The normalized spacial score (nSPS) is 14.4. The van der Waals surface area contributed by atoms with E-state index in [1.165, 1.54) is 0 Å². The molecule has 130 valence electrons. The Kier molecular flexibility index (Phi) is 4.59. The molecule has 0 atom stereocenters. The van der Waals surface area contributed by atoms with Crippen LogP contribution in [-0.2, 0) is 11.2 Å². The lowest BCUT2D eigenvalue weighted by molar-refractivity contribution is -0.131. The van der Waals surface area contributed by atoms with E-state index >= 15 is 0 Å². The smallest absolute Gasteiger partial charge is 0.245 e. The number of benzene rings is 2. The summed E-state index contributed by atoms with van der Waals surface area (Å²) in [6.45, 7) is 1.54. The minimum Gasteiger partial charge on any atom is -0.282 e. The summed E-state index contributed by atoms with van der Waals surface area (Å²) in [6.07, 6.45) is 2.49. The molecule has 1 aromatic heterocycles. The van der Waals surface area contributed by atoms with Crippen molar-refractivity contribution in [3.05, 3.63) is 64.4 Å². The number of hydrogen-bond acceptors (Lipinski definition) is 4. The summed E-state index contributed by atoms with van der Waals surface area (Å²) in [6, 6.07) is 16.0. The van der Waals surface area contributed by atoms with Crippen molar-refractivity contribution in [1.82, 2.24) is 5.01 Å². The second-order valence-corrected chi connectivity index (χ2v) is 7.23. The predicted molar refractivity (Wildman–Crippen MR) is 105 cm³/mol. The molecule has 2 aromatic carbocycles. The fraction of sp³-hybridized carbons (Fsp3) is 0.238. The van der Waals surface area contributed by atoms with Crippen LogP contribution >= 0.6 is 11.3 Å². The van der Waals surface area contributed by atoms with Gasteiger partial charge in [0.05, 0.1) is 23.7 Å². The van der Waals surface area contributed by atoms with Crippen molar-refractivity contribution in [2.45, 2.75) is 19.3 Å². The van der Waals surface area contributed by atoms with Gasteiger partial charge in [-0.2, -0.15) is 16.6 Å². The van der Waals surface area contributed by atoms with Crippen LogP contribution in [0, 0.1) is 11.3 Å². The Morgan fingerprint density at radius 2 is 1.88 bits per heavy atom. The molecule has 0 unspecified atom stereocenters. The van der Waals surface area contributed by atoms with E-state index < -0.39 is 0 Å². The zero-order valence-corrected chi connectivity index (χ0v) is 15.2. The first-order valence-corrected chi connectivity index (χ1v) is 9.73. The number of carbonyl (C=O) groups is 1. The highest BCUT2D eigenvalue weighted by Crippen LogP contribution is 2.32. The molecule has 0 bridgehead atoms. The lowest BCUT2D eigenvalue weighted by Crippen LogP contribution is -2.51. The van der Waals surface area contributed by atoms with Gasteiger partial charge in [-0.3, -0.25) is 14.8 Å². The molecule has 2 heterocycles. The molecule has 4 rings (SSSR count). The van der Waals surface area contributed by atoms with Gasteiger partial charge in [-0.05, 0) is 47.4 Å². The zero-order chi connectivity index (χ0) is 17.9. The van der Waals surface area contributed by atoms with Gasteiger partial charge < -0.3 is 0 Å². The number of rotatable bonds is 3. The molecule has 1 aliphatic rings. The number of anilines is 1. The standard InChI is InChI=1S/C21H19N3OS/c22-14-17-7-8-20(19-6-2-1-5-18(17)19)23-10-3-4-11-24(23)21(25)13-16-9-12-26-15-16/h1-2,5-9,12,15H,3-4,10-11,13H2. The van der Waals surface area contributed by atoms with E-state index in [2.05, 4.69) is 11.1 Å². The van der Waals surface area contributed by atoms with E-state index in [1.807, 2.05) is 58.2 Å². The van der Waals surface area contributed by atoms with Gasteiger partial charge in [0.2, 0.25) is 5.91 Å². The number of nitriles is 1. The largest absolute Gasteiger partial charge is 0.282 e. The maximum Gasteiger partial charge on any atom is 0.245 e. The number of nitrogens with zero attached hydrogens (tertiary/aromatic N) is 3. The highest BCUT2D eigenvalue weighted by atomic mass is 32.1. The van der Waals surface area contributed by atoms with Gasteiger partial charge in [0, 0.05) is 23.9 Å². The van der Waals surface area contributed by atoms with Crippen LogP contribution in [0.1, 0.15) is 24.0 Å². The summed E-state index contributed by atoms with van der Waals surface area (Å²) in [5.41, 5.74) is 2.73. The first-order chi connectivity index (χ1) is 12.8. The van der Waals surface area contributed by atoms with E-state index in [0.29, 0.717) is 12.0 Å². The Morgan fingerprint density at radius 3 is 2.65 bits per heavy atom. The number of thiophene rings is 1. The zero-order valence-electron chi connectivity index (χ0n) is 14.4. The summed E-state index contributed by atoms with van der Waals surface area (Å²) in [4.78, 5) is 12.9. The van der Waals surface area contributed by atoms with E-state index in [-0.39, 0.29) is 5.91 Å². The van der Waals surface area contributed by atoms with Crippen LogP contribution in [0.2, 0.25) is 0 Å². The highest BCUT2D eigenvalue weighted by molar-refractivity contribution is 7.08. The summed E-state index contributed by atoms with van der Waals surface area (Å²) in [5, 5.41) is 19.4. The van der Waals surface area contributed by atoms with E-state index in [4.69, 9.17) is 0 Å². The Labute approximate surface area is 156 Å². The molecule has 0 saturated carbocycles. The quantitative estimate of drug-likeness (QED) is 0.696. The van der Waals surface area contributed by atoms with Crippen LogP contribution in [-0.4, -0.2) is 24.0 Å². The Bertz CT molecular complexity index is 975. The van der Waals surface area contributed by atoms with Crippen molar-refractivity contribution in [3.63, 3.8) is 0 Å². The van der Waals surface area contributed by atoms with Crippen molar-refractivity contribution in [1.29, 1.82) is 5.26 Å². The second kappa shape index (κ2) is 7.19. The summed E-state index contributed by atoms with van der Waals surface area (Å²) in [7, 11) is 0. The maximum atomic E-state index is 12.9. The molecule has 0 radical (unpaired) electrons. The van der Waals surface area contributed by atoms with Gasteiger partial charge in [0.25, 0.3) is 0 Å². The molecule has 3 aromatic rings. The lowest BCUT2D eigenvalue weighted by Gasteiger charge is -2.40. The molecule has 1 fully saturated rings. The number of hydrogen-bond donors (Lipinski definition) is 0. The van der Waals surface area contributed by atoms with Crippen molar-refractivity contribution in [2.75, 3.05) is 18.1 Å². The second-order valence-electron chi connectivity index (χ2n) is 6.45. The Morgan fingerprint density at radius 1 is 1.08 bits per heavy atom. The molecule has 26 heavy (non-hydrogen) atoms. The summed E-state index contributed by atoms with van der Waals surface area (Å²) < 4.78 is 0. The molecule has 1 amide bonds. The Balaban J connectivity index is 1.72. The molecular weight excluding hydrogens is 342 g/mol. The first-order valence-electron chi connectivity index (χ1n) is 8.78. The topological polar surface area (TPSA) is 47.3 Å². The average Bonchev–Trinajstić information content (AvgIpc) is 3.20. The van der Waals surface area contributed by atoms with Crippen LogP contribution in [0.3, 0.4) is 0 Å². The third-order valence-corrected chi connectivity index (χ3v) is 5.54. The molecule has 4 nitrogen and oxygen atoms in total. The molecule has 0 aliphatic carbocycles. The van der Waals surface area contributed by atoms with Gasteiger partial charge in [0.15, 0.2) is 0 Å². The maximum absolute atomic E-state index is 12.9. The Hall–Kier alpha value is -2.84. The van der Waals surface area contributed by atoms with Crippen molar-refractivity contribution >= 4 is 33.7 Å². The molecule has 1 saturated heterocycles. The molecule has 0 N–H and O–H groups in total. The molecule has 5 heteroatoms. The van der Waals surface area contributed by atoms with Crippen molar-refractivity contribution in [2.24, 2.45) is 0 Å². The minimum absolute atomic E-state index is 0.122. The fourth-order valence-electron chi connectivity index (χ4n) is 3.54. The molecular formula is C21H19N3OS. The van der Waals surface area contributed by atoms with E-state index in [9.17, 15) is 10.1 Å². The fourth-order valence-corrected chi connectivity index (χ4v) is 4.21. The summed E-state index contributed by atoms with van der Waals surface area (Å²) in [5.74, 6) is 0.122. The predicted octanol–water partition coefficient (Wildman–Crippen LogP) is 4.36. The van der Waals surface area contributed by atoms with Gasteiger partial charge in [-0.15, -0.1) is 0 Å². The SMILES string of the molecule is N#Cc1ccc(N2CCCCN2C(=O)Cc2ccsc2)c2ccccc12. The summed E-state index contributed by atoms with van der Waals surface area (Å²) >= 11 is 1.62. The highest BCUT2D eigenvalue weighted by Gasteiger charge is 2.26. The van der Waals surface area contributed by atoms with Gasteiger partial charge in [-0.25, -0.2) is 0 Å². The van der Waals surface area contributed by atoms with Crippen molar-refractivity contribution < 1.29 is 4.79 Å². The van der Waals surface area contributed by atoms with Gasteiger partial charge >= 0.3 is 0 Å². The number of fused-ring (bicyclic) bond motifs is 1.